The van der Waals surface area contributed by atoms with E-state index in [-0.39, 0.29) is 63.3 Å². The van der Waals surface area contributed by atoms with Crippen LogP contribution in [0.2, 0.25) is 0 Å². The highest BCUT2D eigenvalue weighted by atomic mass is 16.5. The molecule has 406 valence electrons. The lowest BCUT2D eigenvalue weighted by Gasteiger charge is -2.19. The number of nitrogens with zero attached hydrogens (tertiary/aromatic N) is 4. The zero-order valence-electron chi connectivity index (χ0n) is 42.7. The number of aryl methyl sites for hydroxylation is 6. The van der Waals surface area contributed by atoms with Crippen molar-refractivity contribution < 1.29 is 69.2 Å². The van der Waals surface area contributed by atoms with Crippen LogP contribution in [-0.4, -0.2) is 137 Å². The average molecular weight is 1060 g/mol. The highest BCUT2D eigenvalue weighted by Gasteiger charge is 2.27. The normalized spacial score (nSPS) is 11.4. The van der Waals surface area contributed by atoms with Gasteiger partial charge in [0.2, 0.25) is 11.9 Å². The van der Waals surface area contributed by atoms with Crippen molar-refractivity contribution in [2.45, 2.75) is 65.5 Å². The SMILES string of the molecule is COC(=O)[C@H](CNC(=O)c1cc(O)cc(O)c1)NC(=O)c1c(C)nc(NCCCc2cccc(O)c2)nc1C.Cc1nc(NCCCc2cccc(O)c2)nc(C)c1C(=O)N[C@@H](CNC(=O)c1cc(O)cc(O)c1)C(=O)O. The summed E-state index contributed by atoms with van der Waals surface area (Å²) >= 11 is 0. The number of phenolic OH excluding ortho intramolecular Hbond substituents is 6. The second-order valence-corrected chi connectivity index (χ2v) is 17.4. The molecule has 24 heteroatoms. The van der Waals surface area contributed by atoms with E-state index in [4.69, 9.17) is 4.74 Å². The van der Waals surface area contributed by atoms with Gasteiger partial charge in [0, 0.05) is 49.4 Å². The molecule has 0 unspecified atom stereocenters. The molecule has 13 N–H and O–H groups in total. The van der Waals surface area contributed by atoms with Gasteiger partial charge in [0.15, 0.2) is 0 Å². The van der Waals surface area contributed by atoms with E-state index in [0.29, 0.717) is 47.8 Å². The molecule has 6 rings (SSSR count). The predicted octanol–water partition coefficient (Wildman–Crippen LogP) is 3.82. The summed E-state index contributed by atoms with van der Waals surface area (Å²) in [6, 6.07) is 18.0. The van der Waals surface area contributed by atoms with E-state index < -0.39 is 54.2 Å². The number of amides is 4. The third-order valence-corrected chi connectivity index (χ3v) is 11.3. The monoisotopic (exact) mass is 1060 g/mol. The van der Waals surface area contributed by atoms with Gasteiger partial charge >= 0.3 is 11.9 Å². The largest absolute Gasteiger partial charge is 0.508 e. The first-order valence-electron chi connectivity index (χ1n) is 23.9. The molecule has 6 aromatic rings. The van der Waals surface area contributed by atoms with Gasteiger partial charge in [-0.05, 0) is 113 Å². The molecule has 2 atom stereocenters. The van der Waals surface area contributed by atoms with Crippen molar-refractivity contribution in [2.75, 3.05) is 43.9 Å². The first-order valence-corrected chi connectivity index (χ1v) is 23.9. The lowest BCUT2D eigenvalue weighted by Crippen LogP contribution is -2.49. The molecule has 0 radical (unpaired) electrons. The molecule has 4 amide bonds. The maximum atomic E-state index is 13.1. The molecule has 0 saturated heterocycles. The van der Waals surface area contributed by atoms with E-state index in [9.17, 15) is 64.5 Å². The van der Waals surface area contributed by atoms with E-state index >= 15 is 0 Å². The van der Waals surface area contributed by atoms with Crippen LogP contribution in [0.15, 0.2) is 84.9 Å². The zero-order valence-corrected chi connectivity index (χ0v) is 42.7. The summed E-state index contributed by atoms with van der Waals surface area (Å²) in [4.78, 5) is 92.0. The van der Waals surface area contributed by atoms with Gasteiger partial charge in [-0.3, -0.25) is 19.2 Å². The Morgan fingerprint density at radius 2 is 0.857 bits per heavy atom. The lowest BCUT2D eigenvalue weighted by molar-refractivity contribution is -0.142. The Balaban J connectivity index is 0.000000284. The molecule has 0 spiro atoms. The maximum absolute atomic E-state index is 13.1. The predicted molar refractivity (Wildman–Crippen MR) is 279 cm³/mol. The molecular formula is C53H60N10O14. The minimum atomic E-state index is -1.47. The van der Waals surface area contributed by atoms with Crippen LogP contribution in [0.3, 0.4) is 0 Å². The van der Waals surface area contributed by atoms with Gasteiger partial charge in [-0.1, -0.05) is 24.3 Å². The number of hydrogen-bond acceptors (Lipinski definition) is 19. The van der Waals surface area contributed by atoms with Gasteiger partial charge < -0.3 is 72.4 Å². The summed E-state index contributed by atoms with van der Waals surface area (Å²) < 4.78 is 4.76. The third-order valence-electron chi connectivity index (χ3n) is 11.3. The zero-order chi connectivity index (χ0) is 56.3. The highest BCUT2D eigenvalue weighted by molar-refractivity contribution is 6.00. The van der Waals surface area contributed by atoms with E-state index in [2.05, 4.69) is 51.8 Å². The van der Waals surface area contributed by atoms with Crippen LogP contribution in [0.5, 0.6) is 34.5 Å². The van der Waals surface area contributed by atoms with Crippen molar-refractivity contribution >= 4 is 47.5 Å². The Morgan fingerprint density at radius 3 is 1.21 bits per heavy atom. The molecule has 77 heavy (non-hydrogen) atoms. The van der Waals surface area contributed by atoms with Crippen molar-refractivity contribution in [1.82, 2.24) is 41.2 Å². The van der Waals surface area contributed by atoms with Crippen molar-refractivity contribution in [3.8, 4) is 34.5 Å². The van der Waals surface area contributed by atoms with Crippen molar-refractivity contribution in [1.29, 1.82) is 0 Å². The number of benzene rings is 4. The Morgan fingerprint density at radius 1 is 0.494 bits per heavy atom. The average Bonchev–Trinajstić information content (AvgIpc) is 3.35. The Bertz CT molecular complexity index is 3030. The molecule has 0 aliphatic rings. The number of methoxy groups -OCH3 is 1. The summed E-state index contributed by atoms with van der Waals surface area (Å²) in [7, 11) is 1.15. The molecule has 0 aliphatic heterocycles. The smallest absolute Gasteiger partial charge is 0.330 e. The molecule has 0 aliphatic carbocycles. The number of hydrogen-bond donors (Lipinski definition) is 13. The summed E-state index contributed by atoms with van der Waals surface area (Å²) in [6.45, 7) is 6.86. The number of carboxylic acid groups (broad SMARTS) is 1. The fourth-order valence-corrected chi connectivity index (χ4v) is 7.70. The van der Waals surface area contributed by atoms with Crippen LogP contribution in [0, 0.1) is 27.7 Å². The number of carboxylic acids is 1. The number of aliphatic carboxylic acids is 1. The van der Waals surface area contributed by atoms with Crippen LogP contribution in [0.1, 0.15) is 88.2 Å². The fraction of sp³-hybridized carbons (Fsp3) is 0.283. The molecule has 0 bridgehead atoms. The molecule has 2 aromatic heterocycles. The quantitative estimate of drug-likeness (QED) is 0.0339. The maximum Gasteiger partial charge on any atom is 0.330 e. The summed E-state index contributed by atoms with van der Waals surface area (Å²) in [6.07, 6.45) is 3.00. The number of aromatic nitrogens is 4. The topological polar surface area (TPSA) is 377 Å². The van der Waals surface area contributed by atoms with Gasteiger partial charge in [-0.15, -0.1) is 0 Å². The van der Waals surface area contributed by atoms with Crippen LogP contribution >= 0.6 is 0 Å². The molecule has 0 fully saturated rings. The van der Waals surface area contributed by atoms with Gasteiger partial charge in [-0.2, -0.15) is 0 Å². The third kappa shape index (κ3) is 17.7. The van der Waals surface area contributed by atoms with Crippen molar-refractivity contribution in [2.24, 2.45) is 0 Å². The molecule has 24 nitrogen and oxygen atoms in total. The minimum absolute atomic E-state index is 0.0347. The minimum Gasteiger partial charge on any atom is -0.508 e. The number of anilines is 2. The lowest BCUT2D eigenvalue weighted by atomic mass is 10.1. The van der Waals surface area contributed by atoms with Crippen molar-refractivity contribution in [3.05, 3.63) is 141 Å². The van der Waals surface area contributed by atoms with Gasteiger partial charge in [0.05, 0.1) is 41.0 Å². The Kier molecular flexibility index (Phi) is 20.8. The van der Waals surface area contributed by atoms with E-state index in [1.807, 2.05) is 12.1 Å². The van der Waals surface area contributed by atoms with Gasteiger partial charge in [0.25, 0.3) is 23.6 Å². The molecular weight excluding hydrogens is 1000 g/mol. The number of ether oxygens (including phenoxy) is 1. The second-order valence-electron chi connectivity index (χ2n) is 17.4. The summed E-state index contributed by atoms with van der Waals surface area (Å²) in [5.41, 5.74) is 3.64. The van der Waals surface area contributed by atoms with E-state index in [1.165, 1.54) is 0 Å². The van der Waals surface area contributed by atoms with Gasteiger partial charge in [0.1, 0.15) is 46.6 Å². The number of carbonyl (C=O) groups excluding carboxylic acids is 5. The molecule has 0 saturated carbocycles. The number of rotatable bonds is 22. The van der Waals surface area contributed by atoms with E-state index in [1.54, 1.807) is 64.1 Å². The number of nitrogens with one attached hydrogen (secondary N) is 6. The highest BCUT2D eigenvalue weighted by Crippen LogP contribution is 2.22. The van der Waals surface area contributed by atoms with Crippen LogP contribution in [0.25, 0.3) is 0 Å². The number of phenols is 6. The number of carbonyl (C=O) groups is 6. The first kappa shape index (κ1) is 58.2. The Labute approximate surface area is 441 Å². The van der Waals surface area contributed by atoms with Crippen molar-refractivity contribution in [3.63, 3.8) is 0 Å². The van der Waals surface area contributed by atoms with Crippen LogP contribution < -0.4 is 31.9 Å². The number of esters is 1. The molecule has 2 heterocycles. The number of aromatic hydroxyl groups is 6. The summed E-state index contributed by atoms with van der Waals surface area (Å²) in [5, 5.41) is 82.8. The van der Waals surface area contributed by atoms with Crippen LogP contribution in [-0.2, 0) is 27.2 Å². The van der Waals surface area contributed by atoms with Crippen LogP contribution in [0.4, 0.5) is 11.9 Å². The molecule has 4 aromatic carbocycles. The standard InChI is InChI=1S/C27H31N5O7.C26H29N5O7/c1-15-23(16(2)31-27(30-15)28-9-5-7-17-6-4-8-19(33)10-17)25(37)32-22(26(38)39-3)14-29-24(36)18-11-20(34)13-21(35)12-18;1-14-22(15(2)30-26(29-14)27-8-4-6-16-5-3-7-18(32)9-16)24(36)31-21(25(37)38)13-28-23(35)17-10-19(33)12-20(34)11-17/h4,6,8,10-13,22,33-35H,5,7,9,14H2,1-3H3,(H,29,36)(H,32,37)(H,28,30,31);3,5,7,9-12,21,32-34H,4,6,8,13H2,1-2H3,(H,28,35)(H,31,36)(H,37,38)(H,27,29,30)/t22-;21-/m00/s1. The fourth-order valence-electron chi connectivity index (χ4n) is 7.70. The summed E-state index contributed by atoms with van der Waals surface area (Å²) in [5.74, 6) is -5.11. The van der Waals surface area contributed by atoms with Gasteiger partial charge in [-0.25, -0.2) is 29.5 Å². The first-order chi connectivity index (χ1) is 36.6. The Hall–Kier alpha value is -9.74. The van der Waals surface area contributed by atoms with E-state index in [0.717, 1.165) is 80.3 Å². The second kappa shape index (κ2) is 27.5.